The summed E-state index contributed by atoms with van der Waals surface area (Å²) < 4.78 is 2.32. The van der Waals surface area contributed by atoms with Gasteiger partial charge in [0.25, 0.3) is 5.91 Å². The third-order valence-electron chi connectivity index (χ3n) is 4.69. The Labute approximate surface area is 120 Å². The second-order valence-electron chi connectivity index (χ2n) is 6.33. The van der Waals surface area contributed by atoms with Crippen molar-refractivity contribution in [1.82, 2.24) is 9.47 Å². The summed E-state index contributed by atoms with van der Waals surface area (Å²) in [5.74, 6) is 0.391. The van der Waals surface area contributed by atoms with Gasteiger partial charge in [-0.1, -0.05) is 0 Å². The third kappa shape index (κ3) is 2.37. The number of amides is 1. The topological polar surface area (TPSA) is 45.5 Å². The number of carbonyl (C=O) groups is 1. The average Bonchev–Trinajstić information content (AvgIpc) is 3.24. The molecule has 0 spiro atoms. The van der Waals surface area contributed by atoms with Gasteiger partial charge in [-0.2, -0.15) is 0 Å². The number of aromatic nitrogens is 1. The molecule has 1 saturated heterocycles. The molecule has 1 atom stereocenters. The molecule has 0 aromatic carbocycles. The number of carbonyl (C=O) groups excluding carboxylic acids is 1. The van der Waals surface area contributed by atoms with Gasteiger partial charge in [-0.25, -0.2) is 0 Å². The van der Waals surface area contributed by atoms with Crippen molar-refractivity contribution < 1.29 is 9.90 Å². The van der Waals surface area contributed by atoms with Crippen molar-refractivity contribution in [2.75, 3.05) is 19.7 Å². The van der Waals surface area contributed by atoms with E-state index in [0.29, 0.717) is 12.6 Å². The van der Waals surface area contributed by atoms with E-state index in [9.17, 15) is 9.90 Å². The lowest BCUT2D eigenvalue weighted by Crippen LogP contribution is -2.41. The molecule has 4 heteroatoms. The zero-order valence-corrected chi connectivity index (χ0v) is 12.4. The Balaban J connectivity index is 1.81. The number of piperidine rings is 1. The highest BCUT2D eigenvalue weighted by Crippen LogP contribution is 2.38. The fourth-order valence-corrected chi connectivity index (χ4v) is 3.46. The molecule has 2 aliphatic rings. The summed E-state index contributed by atoms with van der Waals surface area (Å²) in [4.78, 5) is 14.6. The Morgan fingerprint density at radius 2 is 2.10 bits per heavy atom. The molecule has 1 aromatic rings. The Bertz CT molecular complexity index is 517. The molecule has 2 fully saturated rings. The predicted molar refractivity (Wildman–Crippen MR) is 77.9 cm³/mol. The maximum Gasteiger partial charge on any atom is 0.255 e. The van der Waals surface area contributed by atoms with Crippen LogP contribution in [0.3, 0.4) is 0 Å². The molecule has 1 unspecified atom stereocenters. The number of likely N-dealkylation sites (tertiary alicyclic amines) is 1. The largest absolute Gasteiger partial charge is 0.396 e. The van der Waals surface area contributed by atoms with Gasteiger partial charge < -0.3 is 14.6 Å². The zero-order chi connectivity index (χ0) is 14.3. The number of rotatable bonds is 3. The van der Waals surface area contributed by atoms with Crippen LogP contribution in [0.2, 0.25) is 0 Å². The number of nitrogens with zero attached hydrogens (tertiary/aromatic N) is 2. The molecule has 1 aliphatic carbocycles. The minimum atomic E-state index is 0.142. The van der Waals surface area contributed by atoms with Crippen LogP contribution in [0.25, 0.3) is 0 Å². The van der Waals surface area contributed by atoms with Gasteiger partial charge in [0, 0.05) is 37.1 Å². The average molecular weight is 276 g/mol. The van der Waals surface area contributed by atoms with E-state index in [4.69, 9.17) is 0 Å². The van der Waals surface area contributed by atoms with Gasteiger partial charge in [-0.15, -0.1) is 0 Å². The smallest absolute Gasteiger partial charge is 0.255 e. The van der Waals surface area contributed by atoms with Crippen molar-refractivity contribution in [1.29, 1.82) is 0 Å². The lowest BCUT2D eigenvalue weighted by atomic mass is 9.98. The number of hydrogen-bond acceptors (Lipinski definition) is 2. The summed E-state index contributed by atoms with van der Waals surface area (Å²) in [5, 5.41) is 9.30. The Morgan fingerprint density at radius 3 is 2.75 bits per heavy atom. The number of aliphatic hydroxyl groups excluding tert-OH is 1. The summed E-state index contributed by atoms with van der Waals surface area (Å²) in [6, 6.07) is 2.65. The van der Waals surface area contributed by atoms with E-state index in [2.05, 4.69) is 18.4 Å². The number of aliphatic hydroxyl groups is 1. The van der Waals surface area contributed by atoms with Gasteiger partial charge >= 0.3 is 0 Å². The van der Waals surface area contributed by atoms with E-state index in [1.807, 2.05) is 11.0 Å². The van der Waals surface area contributed by atoms with Crippen molar-refractivity contribution >= 4 is 5.91 Å². The Hall–Kier alpha value is -1.29. The van der Waals surface area contributed by atoms with Crippen LogP contribution in [0.15, 0.2) is 6.07 Å². The van der Waals surface area contributed by atoms with Crippen molar-refractivity contribution in [3.8, 4) is 0 Å². The van der Waals surface area contributed by atoms with Crippen molar-refractivity contribution in [2.45, 2.75) is 45.6 Å². The molecule has 3 rings (SSSR count). The van der Waals surface area contributed by atoms with Crippen LogP contribution in [0.4, 0.5) is 0 Å². The van der Waals surface area contributed by atoms with Crippen LogP contribution in [-0.2, 0) is 0 Å². The fourth-order valence-electron chi connectivity index (χ4n) is 3.46. The lowest BCUT2D eigenvalue weighted by Gasteiger charge is -2.31. The first-order valence-electron chi connectivity index (χ1n) is 7.70. The third-order valence-corrected chi connectivity index (χ3v) is 4.69. The molecule has 20 heavy (non-hydrogen) atoms. The van der Waals surface area contributed by atoms with Gasteiger partial charge in [0.1, 0.15) is 0 Å². The maximum absolute atomic E-state index is 12.7. The minimum Gasteiger partial charge on any atom is -0.396 e. The summed E-state index contributed by atoms with van der Waals surface area (Å²) >= 11 is 0. The molecule has 1 N–H and O–H groups in total. The van der Waals surface area contributed by atoms with Crippen LogP contribution >= 0.6 is 0 Å². The Morgan fingerprint density at radius 1 is 1.35 bits per heavy atom. The molecule has 1 saturated carbocycles. The maximum atomic E-state index is 12.7. The molecule has 0 bridgehead atoms. The lowest BCUT2D eigenvalue weighted by molar-refractivity contribution is 0.0620. The second kappa shape index (κ2) is 5.24. The summed E-state index contributed by atoms with van der Waals surface area (Å²) in [6.07, 6.45) is 4.50. The monoisotopic (exact) mass is 276 g/mol. The van der Waals surface area contributed by atoms with Gasteiger partial charge in [-0.05, 0) is 51.5 Å². The molecular formula is C16H24N2O2. The van der Waals surface area contributed by atoms with Gasteiger partial charge in [-0.3, -0.25) is 4.79 Å². The minimum absolute atomic E-state index is 0.142. The fraction of sp³-hybridized carbons (Fsp3) is 0.688. The van der Waals surface area contributed by atoms with Crippen LogP contribution < -0.4 is 0 Å². The van der Waals surface area contributed by atoms with Crippen molar-refractivity contribution in [3.63, 3.8) is 0 Å². The molecule has 2 heterocycles. The van der Waals surface area contributed by atoms with E-state index in [1.165, 1.54) is 18.5 Å². The van der Waals surface area contributed by atoms with Crippen LogP contribution in [0.1, 0.15) is 53.5 Å². The summed E-state index contributed by atoms with van der Waals surface area (Å²) in [6.45, 7) is 5.86. The SMILES string of the molecule is Cc1cc(C(=O)N2CCCC(CO)C2)c(C)n1C1CC1. The molecule has 1 amide bonds. The second-order valence-corrected chi connectivity index (χ2v) is 6.33. The first-order chi connectivity index (χ1) is 9.61. The van der Waals surface area contributed by atoms with Crippen LogP contribution in [-0.4, -0.2) is 40.2 Å². The number of aryl methyl sites for hydroxylation is 1. The Kier molecular flexibility index (Phi) is 3.59. The molecule has 110 valence electrons. The summed E-state index contributed by atoms with van der Waals surface area (Å²) in [7, 11) is 0. The first kappa shape index (κ1) is 13.7. The first-order valence-corrected chi connectivity index (χ1v) is 7.70. The van der Waals surface area contributed by atoms with E-state index in [0.717, 1.165) is 30.6 Å². The summed E-state index contributed by atoms with van der Waals surface area (Å²) in [5.41, 5.74) is 3.16. The van der Waals surface area contributed by atoms with Gasteiger partial charge in [0.15, 0.2) is 0 Å². The van der Waals surface area contributed by atoms with Crippen molar-refractivity contribution in [2.24, 2.45) is 5.92 Å². The highest BCUT2D eigenvalue weighted by atomic mass is 16.3. The molecule has 4 nitrogen and oxygen atoms in total. The highest BCUT2D eigenvalue weighted by Gasteiger charge is 2.30. The van der Waals surface area contributed by atoms with E-state index in [-0.39, 0.29) is 18.4 Å². The molecular weight excluding hydrogens is 252 g/mol. The normalized spacial score (nSPS) is 23.1. The predicted octanol–water partition coefficient (Wildman–Crippen LogP) is 2.28. The van der Waals surface area contributed by atoms with Crippen LogP contribution in [0.5, 0.6) is 0 Å². The number of hydrogen-bond donors (Lipinski definition) is 1. The molecule has 0 radical (unpaired) electrons. The zero-order valence-electron chi connectivity index (χ0n) is 12.4. The standard InChI is InChI=1S/C16H24N2O2/c1-11-8-15(12(2)18(11)14-5-6-14)16(20)17-7-3-4-13(9-17)10-19/h8,13-14,19H,3-7,9-10H2,1-2H3. The molecule has 1 aromatic heterocycles. The van der Waals surface area contributed by atoms with Crippen LogP contribution in [0, 0.1) is 19.8 Å². The van der Waals surface area contributed by atoms with E-state index < -0.39 is 0 Å². The molecule has 1 aliphatic heterocycles. The quantitative estimate of drug-likeness (QED) is 0.920. The van der Waals surface area contributed by atoms with E-state index >= 15 is 0 Å². The van der Waals surface area contributed by atoms with Gasteiger partial charge in [0.05, 0.1) is 5.56 Å². The van der Waals surface area contributed by atoms with E-state index in [1.54, 1.807) is 0 Å². The van der Waals surface area contributed by atoms with Gasteiger partial charge in [0.2, 0.25) is 0 Å². The highest BCUT2D eigenvalue weighted by molar-refractivity contribution is 5.95. The van der Waals surface area contributed by atoms with Crippen molar-refractivity contribution in [3.05, 3.63) is 23.0 Å².